The number of amides is 1. The fourth-order valence-electron chi connectivity index (χ4n) is 3.18. The predicted octanol–water partition coefficient (Wildman–Crippen LogP) is 2.97. The van der Waals surface area contributed by atoms with Gasteiger partial charge in [-0.2, -0.15) is 0 Å². The van der Waals surface area contributed by atoms with Crippen LogP contribution in [0.3, 0.4) is 0 Å². The molecule has 1 saturated carbocycles. The monoisotopic (exact) mass is 406 g/mol. The molecule has 1 aliphatic rings. The van der Waals surface area contributed by atoms with Crippen molar-refractivity contribution >= 4 is 15.9 Å². The molecule has 0 bridgehead atoms. The maximum atomic E-state index is 12.3. The Kier molecular flexibility index (Phi) is 6.74. The second kappa shape index (κ2) is 9.25. The number of nitrogens with one attached hydrogen (secondary N) is 2. The summed E-state index contributed by atoms with van der Waals surface area (Å²) in [6.45, 7) is 1.76. The molecule has 3 rings (SSSR count). The third-order valence-corrected chi connectivity index (χ3v) is 6.20. The lowest BCUT2D eigenvalue weighted by Gasteiger charge is -2.24. The van der Waals surface area contributed by atoms with Gasteiger partial charge in [0.1, 0.15) is 11.5 Å². The fourth-order valence-corrected chi connectivity index (χ4v) is 4.18. The predicted molar refractivity (Wildman–Crippen MR) is 104 cm³/mol. The molecule has 1 heterocycles. The van der Waals surface area contributed by atoms with Gasteiger partial charge < -0.3 is 14.5 Å². The molecular weight excluding hydrogens is 380 g/mol. The summed E-state index contributed by atoms with van der Waals surface area (Å²) in [7, 11) is -3.66. The van der Waals surface area contributed by atoms with Crippen LogP contribution in [0.4, 0.5) is 0 Å². The Morgan fingerprint density at radius 2 is 1.89 bits per heavy atom. The molecule has 0 spiro atoms. The molecule has 1 fully saturated rings. The van der Waals surface area contributed by atoms with Crippen LogP contribution in [0, 0.1) is 0 Å². The number of hydrogen-bond acceptors (Lipinski definition) is 5. The second-order valence-corrected chi connectivity index (χ2v) is 8.75. The van der Waals surface area contributed by atoms with Crippen molar-refractivity contribution in [3.63, 3.8) is 0 Å². The summed E-state index contributed by atoms with van der Waals surface area (Å²) in [5, 5.41) is 3.03. The Morgan fingerprint density at radius 1 is 1.18 bits per heavy atom. The van der Waals surface area contributed by atoms with Gasteiger partial charge in [0, 0.05) is 6.04 Å². The van der Waals surface area contributed by atoms with E-state index in [9.17, 15) is 13.2 Å². The van der Waals surface area contributed by atoms with Crippen molar-refractivity contribution in [2.24, 2.45) is 0 Å². The largest absolute Gasteiger partial charge is 0.481 e. The van der Waals surface area contributed by atoms with Crippen LogP contribution < -0.4 is 14.8 Å². The van der Waals surface area contributed by atoms with Gasteiger partial charge in [-0.1, -0.05) is 19.3 Å². The van der Waals surface area contributed by atoms with Crippen molar-refractivity contribution < 1.29 is 22.4 Å². The van der Waals surface area contributed by atoms with Crippen LogP contribution in [0.2, 0.25) is 0 Å². The van der Waals surface area contributed by atoms with Crippen LogP contribution in [0.5, 0.6) is 5.75 Å². The number of benzene rings is 1. The van der Waals surface area contributed by atoms with E-state index in [1.807, 2.05) is 0 Å². The van der Waals surface area contributed by atoms with E-state index >= 15 is 0 Å². The maximum Gasteiger partial charge on any atom is 0.260 e. The smallest absolute Gasteiger partial charge is 0.260 e. The van der Waals surface area contributed by atoms with E-state index in [-0.39, 0.29) is 23.4 Å². The van der Waals surface area contributed by atoms with Crippen LogP contribution in [-0.4, -0.2) is 26.5 Å². The van der Waals surface area contributed by atoms with E-state index in [1.54, 1.807) is 31.2 Å². The topological polar surface area (TPSA) is 97.6 Å². The SMILES string of the molecule is C[C@H](Oc1ccc(S(=O)(=O)NCc2ccco2)cc1)C(=O)NC1CCCCC1. The minimum Gasteiger partial charge on any atom is -0.481 e. The Labute approximate surface area is 165 Å². The second-order valence-electron chi connectivity index (χ2n) is 6.98. The quantitative estimate of drug-likeness (QED) is 0.702. The standard InChI is InChI=1S/C20H26N2O5S/c1-15(20(23)22-16-6-3-2-4-7-16)27-17-9-11-19(12-10-17)28(24,25)21-14-18-8-5-13-26-18/h5,8-13,15-16,21H,2-4,6-7,14H2,1H3,(H,22,23)/t15-/m0/s1. The first-order valence-electron chi connectivity index (χ1n) is 9.53. The lowest BCUT2D eigenvalue weighted by atomic mass is 9.95. The van der Waals surface area contributed by atoms with Gasteiger partial charge in [-0.3, -0.25) is 4.79 Å². The van der Waals surface area contributed by atoms with E-state index in [0.29, 0.717) is 11.5 Å². The Morgan fingerprint density at radius 3 is 2.54 bits per heavy atom. The number of ether oxygens (including phenoxy) is 1. The Hall–Kier alpha value is -2.32. The van der Waals surface area contributed by atoms with Gasteiger partial charge >= 0.3 is 0 Å². The number of carbonyl (C=O) groups is 1. The molecule has 2 N–H and O–H groups in total. The molecule has 0 aliphatic heterocycles. The first-order valence-corrected chi connectivity index (χ1v) is 11.0. The van der Waals surface area contributed by atoms with Crippen LogP contribution in [0.15, 0.2) is 52.0 Å². The summed E-state index contributed by atoms with van der Waals surface area (Å²) < 4.78 is 37.9. The summed E-state index contributed by atoms with van der Waals surface area (Å²) in [5.41, 5.74) is 0. The molecule has 0 unspecified atom stereocenters. The number of hydrogen-bond donors (Lipinski definition) is 2. The average molecular weight is 407 g/mol. The molecule has 0 radical (unpaired) electrons. The molecule has 7 nitrogen and oxygen atoms in total. The number of furan rings is 1. The van der Waals surface area contributed by atoms with E-state index in [4.69, 9.17) is 9.15 Å². The van der Waals surface area contributed by atoms with Gasteiger partial charge in [0.25, 0.3) is 5.91 Å². The zero-order valence-electron chi connectivity index (χ0n) is 15.9. The highest BCUT2D eigenvalue weighted by atomic mass is 32.2. The van der Waals surface area contributed by atoms with Crippen molar-refractivity contribution in [2.75, 3.05) is 0 Å². The molecule has 1 amide bonds. The molecule has 152 valence electrons. The first-order chi connectivity index (χ1) is 13.4. The van der Waals surface area contributed by atoms with Crippen molar-refractivity contribution in [3.05, 3.63) is 48.4 Å². The number of carbonyl (C=O) groups excluding carboxylic acids is 1. The Bertz CT molecular complexity index is 857. The Balaban J connectivity index is 1.53. The van der Waals surface area contributed by atoms with Crippen LogP contribution in [-0.2, 0) is 21.4 Å². The zero-order chi connectivity index (χ0) is 20.0. The fraction of sp³-hybridized carbons (Fsp3) is 0.450. The van der Waals surface area contributed by atoms with Gasteiger partial charge in [0.05, 0.1) is 17.7 Å². The van der Waals surface area contributed by atoms with Crippen molar-refractivity contribution in [1.82, 2.24) is 10.0 Å². The maximum absolute atomic E-state index is 12.3. The van der Waals surface area contributed by atoms with E-state index in [0.717, 1.165) is 25.7 Å². The highest BCUT2D eigenvalue weighted by molar-refractivity contribution is 7.89. The average Bonchev–Trinajstić information content (AvgIpc) is 3.21. The van der Waals surface area contributed by atoms with Gasteiger partial charge in [0.15, 0.2) is 6.10 Å². The van der Waals surface area contributed by atoms with Crippen LogP contribution >= 0.6 is 0 Å². The lowest BCUT2D eigenvalue weighted by Crippen LogP contribution is -2.43. The van der Waals surface area contributed by atoms with Crippen LogP contribution in [0.1, 0.15) is 44.8 Å². The summed E-state index contributed by atoms with van der Waals surface area (Å²) in [6.07, 6.45) is 6.37. The third-order valence-electron chi connectivity index (χ3n) is 4.78. The lowest BCUT2D eigenvalue weighted by molar-refractivity contribution is -0.128. The molecule has 1 aromatic heterocycles. The minimum absolute atomic E-state index is 0.0754. The van der Waals surface area contributed by atoms with E-state index in [1.165, 1.54) is 24.8 Å². The number of sulfonamides is 1. The molecule has 1 aliphatic carbocycles. The van der Waals surface area contributed by atoms with E-state index in [2.05, 4.69) is 10.0 Å². The highest BCUT2D eigenvalue weighted by Crippen LogP contribution is 2.19. The molecule has 8 heteroatoms. The molecular formula is C20H26N2O5S. The van der Waals surface area contributed by atoms with Gasteiger partial charge in [0.2, 0.25) is 10.0 Å². The summed E-state index contributed by atoms with van der Waals surface area (Å²) in [4.78, 5) is 12.4. The first kappa shape index (κ1) is 20.4. The molecule has 1 aromatic carbocycles. The van der Waals surface area contributed by atoms with Crippen LogP contribution in [0.25, 0.3) is 0 Å². The van der Waals surface area contributed by atoms with Gasteiger partial charge in [-0.25, -0.2) is 13.1 Å². The number of rotatable bonds is 8. The van der Waals surface area contributed by atoms with Crippen molar-refractivity contribution in [1.29, 1.82) is 0 Å². The summed E-state index contributed by atoms with van der Waals surface area (Å²) in [5.74, 6) is 0.821. The summed E-state index contributed by atoms with van der Waals surface area (Å²) in [6, 6.07) is 9.61. The van der Waals surface area contributed by atoms with Crippen molar-refractivity contribution in [2.45, 2.75) is 62.6 Å². The van der Waals surface area contributed by atoms with Crippen molar-refractivity contribution in [3.8, 4) is 5.75 Å². The minimum atomic E-state index is -3.66. The zero-order valence-corrected chi connectivity index (χ0v) is 16.7. The summed E-state index contributed by atoms with van der Waals surface area (Å²) >= 11 is 0. The molecule has 2 aromatic rings. The molecule has 0 saturated heterocycles. The van der Waals surface area contributed by atoms with Gasteiger partial charge in [-0.15, -0.1) is 0 Å². The normalized spacial score (nSPS) is 16.5. The molecule has 28 heavy (non-hydrogen) atoms. The van der Waals surface area contributed by atoms with E-state index < -0.39 is 16.1 Å². The van der Waals surface area contributed by atoms with Gasteiger partial charge in [-0.05, 0) is 56.2 Å². The third kappa shape index (κ3) is 5.59. The highest BCUT2D eigenvalue weighted by Gasteiger charge is 2.21. The molecule has 1 atom stereocenters.